The lowest BCUT2D eigenvalue weighted by molar-refractivity contribution is -0.142. The van der Waals surface area contributed by atoms with Gasteiger partial charge in [0, 0.05) is 30.8 Å². The molecule has 5 atom stereocenters. The molecule has 0 radical (unpaired) electrons. The van der Waals surface area contributed by atoms with Crippen LogP contribution in [-0.4, -0.2) is 76.1 Å². The molecule has 0 bridgehead atoms. The van der Waals surface area contributed by atoms with Crippen LogP contribution < -0.4 is 21.1 Å². The van der Waals surface area contributed by atoms with Crippen LogP contribution in [0.5, 0.6) is 5.88 Å². The van der Waals surface area contributed by atoms with Crippen molar-refractivity contribution in [2.45, 2.75) is 90.1 Å². The van der Waals surface area contributed by atoms with Crippen molar-refractivity contribution in [2.24, 2.45) is 17.1 Å². The van der Waals surface area contributed by atoms with E-state index in [0.29, 0.717) is 30.2 Å². The molecule has 1 saturated carbocycles. The maximum atomic E-state index is 13.5. The number of aliphatic hydroxyl groups excluding tert-OH is 1. The van der Waals surface area contributed by atoms with Gasteiger partial charge in [0.05, 0.1) is 23.7 Å². The third kappa shape index (κ3) is 8.02. The van der Waals surface area contributed by atoms with E-state index in [2.05, 4.69) is 15.6 Å². The van der Waals surface area contributed by atoms with Crippen molar-refractivity contribution >= 4 is 29.3 Å². The number of nitrogens with zero attached hydrogens (tertiary/aromatic N) is 2. The molecule has 2 heterocycles. The van der Waals surface area contributed by atoms with E-state index >= 15 is 0 Å². The monoisotopic (exact) mass is 537 g/mol. The number of carbonyl (C=O) groups excluding carboxylic acids is 3. The van der Waals surface area contributed by atoms with Crippen molar-refractivity contribution in [3.63, 3.8) is 0 Å². The molecule has 1 aromatic heterocycles. The number of pyridine rings is 1. The average molecular weight is 538 g/mol. The lowest BCUT2D eigenvalue weighted by atomic mass is 9.86. The summed E-state index contributed by atoms with van der Waals surface area (Å²) < 4.78 is 5.80. The van der Waals surface area contributed by atoms with Gasteiger partial charge in [0.25, 0.3) is 5.91 Å². The third-order valence-corrected chi connectivity index (χ3v) is 7.06. The van der Waals surface area contributed by atoms with Crippen molar-refractivity contribution in [2.75, 3.05) is 13.2 Å². The number of aliphatic hydroxyl groups is 1. The van der Waals surface area contributed by atoms with Crippen molar-refractivity contribution in [3.05, 3.63) is 23.4 Å². The molecule has 1 aliphatic heterocycles. The van der Waals surface area contributed by atoms with E-state index < -0.39 is 41.5 Å². The minimum atomic E-state index is -1.37. The van der Waals surface area contributed by atoms with Crippen LogP contribution in [0.1, 0.15) is 59.8 Å². The molecule has 1 saturated heterocycles. The van der Waals surface area contributed by atoms with E-state index in [-0.39, 0.29) is 31.0 Å². The van der Waals surface area contributed by atoms with Crippen LogP contribution in [0.2, 0.25) is 5.02 Å². The number of nitrogens with two attached hydrogens (primary N) is 1. The van der Waals surface area contributed by atoms with Gasteiger partial charge in [0.2, 0.25) is 17.7 Å². The molecule has 206 valence electrons. The third-order valence-electron chi connectivity index (χ3n) is 6.84. The van der Waals surface area contributed by atoms with E-state index in [1.165, 1.54) is 11.1 Å². The fraction of sp³-hybridized carbons (Fsp3) is 0.692. The van der Waals surface area contributed by atoms with Crippen molar-refractivity contribution in [3.8, 4) is 5.88 Å². The molecule has 5 N–H and O–H groups in total. The molecular formula is C26H40ClN5O5. The minimum Gasteiger partial charge on any atom is -0.477 e. The number of nitrogens with one attached hydrogen (secondary N) is 2. The molecule has 0 aromatic carbocycles. The number of amides is 3. The largest absolute Gasteiger partial charge is 0.477 e. The maximum absolute atomic E-state index is 13.5. The molecule has 2 fully saturated rings. The van der Waals surface area contributed by atoms with E-state index in [9.17, 15) is 19.5 Å². The molecule has 1 unspecified atom stereocenters. The van der Waals surface area contributed by atoms with Crippen molar-refractivity contribution in [1.82, 2.24) is 20.5 Å². The Morgan fingerprint density at radius 1 is 1.30 bits per heavy atom. The summed E-state index contributed by atoms with van der Waals surface area (Å²) in [7, 11) is 0. The Bertz CT molecular complexity index is 950. The number of likely N-dealkylation sites (tertiary alicyclic amines) is 1. The van der Waals surface area contributed by atoms with Crippen LogP contribution >= 0.6 is 11.6 Å². The molecule has 1 aliphatic carbocycles. The molecule has 11 heteroatoms. The fourth-order valence-corrected chi connectivity index (χ4v) is 4.44. The number of hydrogen-bond donors (Lipinski definition) is 4. The van der Waals surface area contributed by atoms with Gasteiger partial charge >= 0.3 is 0 Å². The van der Waals surface area contributed by atoms with E-state index in [4.69, 9.17) is 22.1 Å². The normalized spacial score (nSPS) is 22.2. The number of hydrogen-bond acceptors (Lipinski definition) is 7. The first kappa shape index (κ1) is 29.1. The zero-order chi connectivity index (χ0) is 27.3. The Kier molecular flexibility index (Phi) is 9.77. The predicted molar refractivity (Wildman–Crippen MR) is 140 cm³/mol. The Morgan fingerprint density at radius 2 is 2.00 bits per heavy atom. The molecular weight excluding hydrogens is 498 g/mol. The maximum Gasteiger partial charge on any atom is 0.251 e. The lowest BCUT2D eigenvalue weighted by Gasteiger charge is -2.33. The van der Waals surface area contributed by atoms with Crippen LogP contribution in [-0.2, 0) is 14.4 Å². The standard InChI is InChI=1S/C26H40ClN5O5/c1-5-6-18(21(33)24(35)30-17-8-9-17)31-23(34)19-11-15(14-37-20-10-7-16(27)12-29-20)13-32(19)25(36)22(28)26(2,3)4/h7,10,12,15,17-19,21-22,33H,5-6,8-9,11,13-14,28H2,1-4H3,(H,30,35)(H,31,34)/t15-,18+,19+,21?,22-/m1/s1. The quantitative estimate of drug-likeness (QED) is 0.335. The van der Waals surface area contributed by atoms with Crippen molar-refractivity contribution < 1.29 is 24.2 Å². The molecule has 3 amide bonds. The van der Waals surface area contributed by atoms with Gasteiger partial charge in [0.15, 0.2) is 6.10 Å². The second kappa shape index (κ2) is 12.4. The Morgan fingerprint density at radius 3 is 2.57 bits per heavy atom. The highest BCUT2D eigenvalue weighted by Crippen LogP contribution is 2.29. The first-order chi connectivity index (χ1) is 17.4. The van der Waals surface area contributed by atoms with Crippen molar-refractivity contribution in [1.29, 1.82) is 0 Å². The van der Waals surface area contributed by atoms with Gasteiger partial charge in [-0.25, -0.2) is 4.98 Å². The van der Waals surface area contributed by atoms with Crippen LogP contribution in [0.3, 0.4) is 0 Å². The SMILES string of the molecule is CCC[C@H](NC(=O)[C@@H]1C[C@@H](COc2ccc(Cl)cn2)CN1C(=O)[C@@H](N)C(C)(C)C)C(O)C(=O)NC1CC1. The number of carbonyl (C=O) groups is 3. The van der Waals surface area contributed by atoms with Gasteiger partial charge in [-0.05, 0) is 37.2 Å². The molecule has 37 heavy (non-hydrogen) atoms. The minimum absolute atomic E-state index is 0.0952. The zero-order valence-corrected chi connectivity index (χ0v) is 22.8. The molecule has 1 aromatic rings. The Balaban J connectivity index is 1.72. The number of aromatic nitrogens is 1. The van der Waals surface area contributed by atoms with Gasteiger partial charge < -0.3 is 31.1 Å². The summed E-state index contributed by atoms with van der Waals surface area (Å²) in [4.78, 5) is 45.0. The lowest BCUT2D eigenvalue weighted by Crippen LogP contribution is -2.58. The first-order valence-corrected chi connectivity index (χ1v) is 13.4. The van der Waals surface area contributed by atoms with Gasteiger partial charge in [-0.15, -0.1) is 0 Å². The summed E-state index contributed by atoms with van der Waals surface area (Å²) in [5.74, 6) is -0.972. The van der Waals surface area contributed by atoms with Gasteiger partial charge in [-0.2, -0.15) is 0 Å². The predicted octanol–water partition coefficient (Wildman–Crippen LogP) is 1.63. The van der Waals surface area contributed by atoms with E-state index in [1.54, 1.807) is 12.1 Å². The van der Waals surface area contributed by atoms with E-state index in [1.807, 2.05) is 27.7 Å². The van der Waals surface area contributed by atoms with Crippen LogP contribution in [0.15, 0.2) is 18.3 Å². The number of ether oxygens (including phenoxy) is 1. The highest BCUT2D eigenvalue weighted by molar-refractivity contribution is 6.30. The highest BCUT2D eigenvalue weighted by Gasteiger charge is 2.44. The topological polar surface area (TPSA) is 147 Å². The number of halogens is 1. The summed E-state index contributed by atoms with van der Waals surface area (Å²) in [6.45, 7) is 8.07. The van der Waals surface area contributed by atoms with Crippen LogP contribution in [0.4, 0.5) is 0 Å². The first-order valence-electron chi connectivity index (χ1n) is 13.0. The summed E-state index contributed by atoms with van der Waals surface area (Å²) in [5, 5.41) is 16.8. The second-order valence-corrected chi connectivity index (χ2v) is 11.6. The highest BCUT2D eigenvalue weighted by atomic mass is 35.5. The summed E-state index contributed by atoms with van der Waals surface area (Å²) >= 11 is 5.89. The van der Waals surface area contributed by atoms with Crippen LogP contribution in [0, 0.1) is 11.3 Å². The second-order valence-electron chi connectivity index (χ2n) is 11.2. The molecule has 10 nitrogen and oxygen atoms in total. The zero-order valence-electron chi connectivity index (χ0n) is 22.1. The van der Waals surface area contributed by atoms with Gasteiger partial charge in [-0.1, -0.05) is 45.7 Å². The summed E-state index contributed by atoms with van der Waals surface area (Å²) in [6, 6.07) is 1.05. The van der Waals surface area contributed by atoms with E-state index in [0.717, 1.165) is 12.8 Å². The Labute approximate surface area is 223 Å². The molecule has 0 spiro atoms. The average Bonchev–Trinajstić information content (AvgIpc) is 3.56. The smallest absolute Gasteiger partial charge is 0.251 e. The number of rotatable bonds is 11. The Hall–Kier alpha value is -2.43. The van der Waals surface area contributed by atoms with Crippen LogP contribution in [0.25, 0.3) is 0 Å². The van der Waals surface area contributed by atoms with Gasteiger partial charge in [-0.3, -0.25) is 14.4 Å². The van der Waals surface area contributed by atoms with Gasteiger partial charge in [0.1, 0.15) is 6.04 Å². The summed E-state index contributed by atoms with van der Waals surface area (Å²) in [5.41, 5.74) is 5.78. The molecule has 2 aliphatic rings. The fourth-order valence-electron chi connectivity index (χ4n) is 4.33. The summed E-state index contributed by atoms with van der Waals surface area (Å²) in [6.07, 6.45) is 3.33. The molecule has 3 rings (SSSR count).